The number of rotatable bonds is 12. The van der Waals surface area contributed by atoms with Gasteiger partial charge in [-0.3, -0.25) is 34.2 Å². The van der Waals surface area contributed by atoms with E-state index in [2.05, 4.69) is 63.8 Å². The van der Waals surface area contributed by atoms with Gasteiger partial charge in [0, 0.05) is 97.2 Å². The predicted octanol–water partition coefficient (Wildman–Crippen LogP) is 5.97. The number of anilines is 3. The van der Waals surface area contributed by atoms with Crippen LogP contribution in [0, 0.1) is 0 Å². The summed E-state index contributed by atoms with van der Waals surface area (Å²) in [6.45, 7) is 7.57. The summed E-state index contributed by atoms with van der Waals surface area (Å²) in [4.78, 5) is 81.4. The van der Waals surface area contributed by atoms with E-state index in [4.69, 9.17) is 5.73 Å². The van der Waals surface area contributed by atoms with Crippen molar-refractivity contribution in [2.24, 2.45) is 5.73 Å². The molecule has 364 valence electrons. The van der Waals surface area contributed by atoms with Gasteiger partial charge in [0.1, 0.15) is 16.9 Å². The second kappa shape index (κ2) is 20.6. The molecule has 1 atom stereocenters. The van der Waals surface area contributed by atoms with E-state index >= 15 is 0 Å². The van der Waals surface area contributed by atoms with Gasteiger partial charge in [-0.25, -0.2) is 9.97 Å². The van der Waals surface area contributed by atoms with Crippen molar-refractivity contribution in [1.82, 2.24) is 40.3 Å². The molecule has 0 bridgehead atoms. The number of piperidine rings is 3. The fourth-order valence-electron chi connectivity index (χ4n) is 9.89. The first-order chi connectivity index (χ1) is 34.4. The lowest BCUT2D eigenvalue weighted by Gasteiger charge is -2.40. The van der Waals surface area contributed by atoms with Gasteiger partial charge in [-0.15, -0.1) is 5.10 Å². The average molecular weight is 973 g/mol. The van der Waals surface area contributed by atoms with Crippen LogP contribution in [0.2, 0.25) is 0 Å². The Bertz CT molecular complexity index is 3050. The summed E-state index contributed by atoms with van der Waals surface area (Å²) in [6.07, 6.45) is 12.6. The molecule has 0 spiro atoms. The number of amides is 4. The summed E-state index contributed by atoms with van der Waals surface area (Å²) >= 11 is 1.50. The Balaban J connectivity index is 0.667. The molecular weight excluding hydrogens is 917 g/mol. The number of nitrogens with one attached hydrogen (secondary N) is 3. The first-order valence-corrected chi connectivity index (χ1v) is 25.1. The maximum Gasteiger partial charge on any atom is 0.272 e. The topological polar surface area (TPSA) is 214 Å². The number of nitrogens with zero attached hydrogens (tertiary/aromatic N) is 8. The summed E-state index contributed by atoms with van der Waals surface area (Å²) in [5.41, 5.74) is 11.0. The number of nitrogens with two attached hydrogens (primary N) is 1. The number of carbonyl (C=O) groups excluding carboxylic acids is 4. The van der Waals surface area contributed by atoms with Gasteiger partial charge in [0.05, 0.1) is 18.1 Å². The number of benzene rings is 3. The highest BCUT2D eigenvalue weighted by molar-refractivity contribution is 7.99. The van der Waals surface area contributed by atoms with Crippen molar-refractivity contribution in [3.63, 3.8) is 0 Å². The number of aromatic nitrogens is 5. The molecule has 3 saturated heterocycles. The Labute approximate surface area is 415 Å². The van der Waals surface area contributed by atoms with E-state index in [0.29, 0.717) is 28.1 Å². The second-order valence-corrected chi connectivity index (χ2v) is 20.1. The zero-order chi connectivity index (χ0) is 49.1. The van der Waals surface area contributed by atoms with E-state index in [1.165, 1.54) is 16.3 Å². The van der Waals surface area contributed by atoms with Crippen molar-refractivity contribution in [2.45, 2.75) is 86.0 Å². The molecule has 0 radical (unpaired) electrons. The van der Waals surface area contributed by atoms with Crippen molar-refractivity contribution in [1.29, 1.82) is 0 Å². The van der Waals surface area contributed by atoms with Gasteiger partial charge in [-0.2, -0.15) is 5.10 Å². The second-order valence-electron chi connectivity index (χ2n) is 19.0. The first-order valence-electron chi connectivity index (χ1n) is 24.2. The van der Waals surface area contributed by atoms with Crippen molar-refractivity contribution < 1.29 is 19.2 Å². The molecule has 0 saturated carbocycles. The lowest BCUT2D eigenvalue weighted by Crippen LogP contribution is -2.48. The highest BCUT2D eigenvalue weighted by Gasteiger charge is 2.30. The molecule has 4 aliphatic heterocycles. The van der Waals surface area contributed by atoms with Crippen LogP contribution in [-0.4, -0.2) is 104 Å². The van der Waals surface area contributed by atoms with Crippen LogP contribution < -0.4 is 37.0 Å². The minimum atomic E-state index is -0.756. The molecule has 17 nitrogen and oxygen atoms in total. The third-order valence-electron chi connectivity index (χ3n) is 14.1. The maximum atomic E-state index is 13.4. The van der Waals surface area contributed by atoms with E-state index in [1.807, 2.05) is 66.9 Å². The number of hydrogen-bond donors (Lipinski definition) is 4. The molecule has 3 aromatic carbocycles. The Morgan fingerprint density at radius 3 is 2.34 bits per heavy atom. The van der Waals surface area contributed by atoms with Crippen LogP contribution in [0.5, 0.6) is 0 Å². The highest BCUT2D eigenvalue weighted by atomic mass is 32.2. The third kappa shape index (κ3) is 10.9. The lowest BCUT2D eigenvalue weighted by atomic mass is 9.91. The largest absolute Gasteiger partial charge is 0.371 e. The molecule has 10 rings (SSSR count). The molecule has 3 fully saturated rings. The van der Waals surface area contributed by atoms with Crippen LogP contribution in [0.3, 0.4) is 0 Å². The van der Waals surface area contributed by atoms with Gasteiger partial charge in [-0.05, 0) is 129 Å². The van der Waals surface area contributed by atoms with Gasteiger partial charge in [0.15, 0.2) is 5.69 Å². The van der Waals surface area contributed by atoms with Crippen molar-refractivity contribution >= 4 is 68.9 Å². The summed E-state index contributed by atoms with van der Waals surface area (Å²) in [7, 11) is 0. The van der Waals surface area contributed by atoms with Gasteiger partial charge < -0.3 is 30.7 Å². The zero-order valence-corrected chi connectivity index (χ0v) is 40.4. The highest BCUT2D eigenvalue weighted by Crippen LogP contribution is 2.31. The van der Waals surface area contributed by atoms with E-state index < -0.39 is 11.9 Å². The molecule has 4 aliphatic rings. The Hall–Kier alpha value is -7.28. The summed E-state index contributed by atoms with van der Waals surface area (Å²) in [5, 5.41) is 18.8. The molecule has 4 amide bonds. The van der Waals surface area contributed by atoms with Crippen molar-refractivity contribution in [3.05, 3.63) is 142 Å². The minimum absolute atomic E-state index is 0.122. The summed E-state index contributed by atoms with van der Waals surface area (Å²) in [6, 6.07) is 25.9. The summed E-state index contributed by atoms with van der Waals surface area (Å²) < 4.78 is 1.37. The number of fused-ring (bicyclic) bond motifs is 1. The number of hydrogen-bond acceptors (Lipinski definition) is 14. The van der Waals surface area contributed by atoms with Crippen LogP contribution in [-0.2, 0) is 16.1 Å². The Kier molecular flexibility index (Phi) is 13.7. The molecule has 71 heavy (non-hydrogen) atoms. The summed E-state index contributed by atoms with van der Waals surface area (Å²) in [5.74, 6) is -0.518. The SMILES string of the molecule is CC1(N)CCN(c2cnc(Sc3cccc(NC(=O)c4ccc(N5CCC(N6CC=C(c7ccc(C(=O)NCc8cccc9c(=O)n(C%10CCC(=O)NC%10=O)ccc89)nn7)CC6)CC5)cc4)c3)cn2)CC1. The van der Waals surface area contributed by atoms with Gasteiger partial charge >= 0.3 is 0 Å². The molecule has 6 aromatic rings. The molecule has 3 aromatic heterocycles. The third-order valence-corrected chi connectivity index (χ3v) is 15.1. The smallest absolute Gasteiger partial charge is 0.272 e. The normalized spacial score (nSPS) is 18.7. The first kappa shape index (κ1) is 47.4. The van der Waals surface area contributed by atoms with Crippen LogP contribution in [0.25, 0.3) is 16.3 Å². The van der Waals surface area contributed by atoms with E-state index in [0.717, 1.165) is 110 Å². The van der Waals surface area contributed by atoms with Gasteiger partial charge in [0.2, 0.25) is 11.8 Å². The Morgan fingerprint density at radius 2 is 1.62 bits per heavy atom. The number of imide groups is 1. The van der Waals surface area contributed by atoms with Gasteiger partial charge in [0.25, 0.3) is 17.4 Å². The molecule has 0 aliphatic carbocycles. The van der Waals surface area contributed by atoms with E-state index in [1.54, 1.807) is 36.7 Å². The molecule has 1 unspecified atom stereocenters. The maximum absolute atomic E-state index is 13.4. The quantitative estimate of drug-likeness (QED) is 0.104. The predicted molar refractivity (Wildman–Crippen MR) is 273 cm³/mol. The molecule has 7 heterocycles. The molecule has 18 heteroatoms. The van der Waals surface area contributed by atoms with Crippen LogP contribution >= 0.6 is 11.8 Å². The van der Waals surface area contributed by atoms with E-state index in [9.17, 15) is 24.0 Å². The van der Waals surface area contributed by atoms with Crippen LogP contribution in [0.1, 0.15) is 90.0 Å². The molecular formula is C53H56N12O5S. The van der Waals surface area contributed by atoms with Crippen LogP contribution in [0.4, 0.5) is 17.2 Å². The standard InChI is InChI=1S/C53H56N12O5S/c1-53(54)21-28-64(29-22-53)46-32-56-48(33-55-46)71-40-6-3-5-37(30-40)58-49(67)35-8-10-38(11-9-35)63-25-18-39(19-26-63)62-23-16-34(17-24-62)43-12-13-44(61-60-43)50(68)57-31-36-4-2-7-42-41(36)20-27-65(52(42)70)45-14-15-47(66)59-51(45)69/h2-13,16,20,27,30,32-33,39,45H,14-15,17-19,21-26,28-29,31,54H2,1H3,(H,57,68)(H,58,67)(H,59,66,69). The lowest BCUT2D eigenvalue weighted by molar-refractivity contribution is -0.135. The van der Waals surface area contributed by atoms with Crippen molar-refractivity contribution in [2.75, 3.05) is 54.4 Å². The fourth-order valence-corrected chi connectivity index (χ4v) is 10.7. The Morgan fingerprint density at radius 1 is 0.817 bits per heavy atom. The fraction of sp³-hybridized carbons (Fsp3) is 0.340. The average Bonchev–Trinajstić information content (AvgIpc) is 3.39. The van der Waals surface area contributed by atoms with Crippen molar-refractivity contribution in [3.8, 4) is 0 Å². The van der Waals surface area contributed by atoms with E-state index in [-0.39, 0.29) is 53.9 Å². The molecule has 5 N–H and O–H groups in total. The van der Waals surface area contributed by atoms with Gasteiger partial charge in [-0.1, -0.05) is 36.0 Å². The number of pyridine rings is 1. The van der Waals surface area contributed by atoms with Crippen LogP contribution in [0.15, 0.2) is 124 Å². The number of carbonyl (C=O) groups is 4. The monoisotopic (exact) mass is 972 g/mol. The zero-order valence-electron chi connectivity index (χ0n) is 39.6. The minimum Gasteiger partial charge on any atom is -0.371 e.